The van der Waals surface area contributed by atoms with Crippen molar-refractivity contribution in [2.24, 2.45) is 5.92 Å². The van der Waals surface area contributed by atoms with Gasteiger partial charge in [-0.1, -0.05) is 11.6 Å². The van der Waals surface area contributed by atoms with Crippen LogP contribution in [-0.2, 0) is 10.0 Å². The normalized spacial score (nSPS) is 20.8. The SMILES string of the molecule is CS(=O)(=O)N1CCC[C@H](CNC(=O)c2sccc2Cl)C1. The Morgan fingerprint density at radius 1 is 1.60 bits per heavy atom. The average Bonchev–Trinajstić information content (AvgIpc) is 2.82. The van der Waals surface area contributed by atoms with E-state index in [0.717, 1.165) is 12.8 Å². The molecular formula is C12H17ClN2O3S2. The van der Waals surface area contributed by atoms with Crippen molar-refractivity contribution in [2.45, 2.75) is 12.8 Å². The summed E-state index contributed by atoms with van der Waals surface area (Å²) in [5, 5.41) is 5.05. The Hall–Kier alpha value is -0.630. The zero-order valence-electron chi connectivity index (χ0n) is 11.1. The minimum Gasteiger partial charge on any atom is -0.351 e. The van der Waals surface area contributed by atoms with Gasteiger partial charge in [-0.05, 0) is 30.2 Å². The number of piperidine rings is 1. The molecule has 0 unspecified atom stereocenters. The number of hydrogen-bond acceptors (Lipinski definition) is 4. The van der Waals surface area contributed by atoms with Gasteiger partial charge in [0.25, 0.3) is 5.91 Å². The lowest BCUT2D eigenvalue weighted by Gasteiger charge is -2.30. The van der Waals surface area contributed by atoms with Crippen LogP contribution in [0.4, 0.5) is 0 Å². The highest BCUT2D eigenvalue weighted by Crippen LogP contribution is 2.22. The van der Waals surface area contributed by atoms with Gasteiger partial charge in [-0.15, -0.1) is 11.3 Å². The van der Waals surface area contributed by atoms with E-state index in [9.17, 15) is 13.2 Å². The van der Waals surface area contributed by atoms with Gasteiger partial charge in [-0.3, -0.25) is 4.79 Å². The number of sulfonamides is 1. The van der Waals surface area contributed by atoms with Crippen molar-refractivity contribution in [3.63, 3.8) is 0 Å². The first-order valence-corrected chi connectivity index (χ1v) is 9.45. The molecule has 2 heterocycles. The summed E-state index contributed by atoms with van der Waals surface area (Å²) in [5.74, 6) is -0.0392. The van der Waals surface area contributed by atoms with Crippen LogP contribution in [0.3, 0.4) is 0 Å². The molecule has 20 heavy (non-hydrogen) atoms. The maximum Gasteiger partial charge on any atom is 0.262 e. The number of halogens is 1. The van der Waals surface area contributed by atoms with Crippen LogP contribution in [0.2, 0.25) is 5.02 Å². The summed E-state index contributed by atoms with van der Waals surface area (Å²) in [4.78, 5) is 12.4. The van der Waals surface area contributed by atoms with Crippen molar-refractivity contribution in [1.82, 2.24) is 9.62 Å². The predicted octanol–water partition coefficient (Wildman–Crippen LogP) is 1.80. The monoisotopic (exact) mass is 336 g/mol. The van der Waals surface area contributed by atoms with Crippen molar-refractivity contribution in [1.29, 1.82) is 0 Å². The average molecular weight is 337 g/mol. The van der Waals surface area contributed by atoms with E-state index in [2.05, 4.69) is 5.32 Å². The molecule has 1 atom stereocenters. The summed E-state index contributed by atoms with van der Waals surface area (Å²) in [6, 6.07) is 1.69. The second kappa shape index (κ2) is 6.43. The molecular weight excluding hydrogens is 320 g/mol. The Morgan fingerprint density at radius 3 is 2.95 bits per heavy atom. The second-order valence-corrected chi connectivity index (χ2v) is 8.24. The molecule has 8 heteroatoms. The quantitative estimate of drug-likeness (QED) is 0.911. The standard InChI is InChI=1S/C12H17ClN2O3S2/c1-20(17,18)15-5-2-3-9(8-15)7-14-12(16)11-10(13)4-6-19-11/h4,6,9H,2-3,5,7-8H2,1H3,(H,14,16)/t9-/m1/s1. The van der Waals surface area contributed by atoms with Crippen molar-refractivity contribution < 1.29 is 13.2 Å². The maximum atomic E-state index is 11.9. The van der Waals surface area contributed by atoms with Gasteiger partial charge < -0.3 is 5.32 Å². The Labute approximate surface area is 128 Å². The van der Waals surface area contributed by atoms with Gasteiger partial charge in [0.15, 0.2) is 0 Å². The summed E-state index contributed by atoms with van der Waals surface area (Å²) in [6.07, 6.45) is 2.97. The predicted molar refractivity (Wildman–Crippen MR) is 80.8 cm³/mol. The van der Waals surface area contributed by atoms with Crippen molar-refractivity contribution >= 4 is 38.9 Å². The molecule has 1 N–H and O–H groups in total. The van der Waals surface area contributed by atoms with Crippen LogP contribution in [-0.4, -0.2) is 44.5 Å². The summed E-state index contributed by atoms with van der Waals surface area (Å²) in [6.45, 7) is 1.51. The van der Waals surface area contributed by atoms with Crippen LogP contribution in [0.1, 0.15) is 22.5 Å². The van der Waals surface area contributed by atoms with E-state index >= 15 is 0 Å². The van der Waals surface area contributed by atoms with Crippen LogP contribution in [0, 0.1) is 5.92 Å². The number of thiophene rings is 1. The summed E-state index contributed by atoms with van der Waals surface area (Å²) in [5.41, 5.74) is 0. The fourth-order valence-electron chi connectivity index (χ4n) is 2.27. The lowest BCUT2D eigenvalue weighted by molar-refractivity contribution is 0.0946. The third-order valence-corrected chi connectivity index (χ3v) is 5.94. The highest BCUT2D eigenvalue weighted by Gasteiger charge is 2.26. The Kier molecular flexibility index (Phi) is 5.06. The largest absolute Gasteiger partial charge is 0.351 e. The summed E-state index contributed by atoms with van der Waals surface area (Å²) in [7, 11) is -3.15. The van der Waals surface area contributed by atoms with Gasteiger partial charge in [0.2, 0.25) is 10.0 Å². The minimum atomic E-state index is -3.15. The second-order valence-electron chi connectivity index (χ2n) is 4.94. The third-order valence-electron chi connectivity index (χ3n) is 3.33. The number of amides is 1. The van der Waals surface area contributed by atoms with E-state index < -0.39 is 10.0 Å². The molecule has 1 aliphatic heterocycles. The fourth-order valence-corrected chi connectivity index (χ4v) is 4.27. The van der Waals surface area contributed by atoms with Crippen LogP contribution in [0.15, 0.2) is 11.4 Å². The van der Waals surface area contributed by atoms with E-state index in [1.807, 2.05) is 0 Å². The summed E-state index contributed by atoms with van der Waals surface area (Å²) >= 11 is 7.20. The van der Waals surface area contributed by atoms with Crippen molar-refractivity contribution in [2.75, 3.05) is 25.9 Å². The Bertz CT molecular complexity index is 585. The zero-order valence-corrected chi connectivity index (χ0v) is 13.5. The third kappa shape index (κ3) is 3.94. The minimum absolute atomic E-state index is 0.154. The maximum absolute atomic E-state index is 11.9. The highest BCUT2D eigenvalue weighted by molar-refractivity contribution is 7.88. The number of hydrogen-bond donors (Lipinski definition) is 1. The molecule has 0 saturated carbocycles. The fraction of sp³-hybridized carbons (Fsp3) is 0.583. The summed E-state index contributed by atoms with van der Waals surface area (Å²) < 4.78 is 24.5. The number of nitrogens with zero attached hydrogens (tertiary/aromatic N) is 1. The van der Waals surface area contributed by atoms with E-state index in [0.29, 0.717) is 29.5 Å². The van der Waals surface area contributed by atoms with Crippen LogP contribution < -0.4 is 5.32 Å². The van der Waals surface area contributed by atoms with E-state index in [4.69, 9.17) is 11.6 Å². The van der Waals surface area contributed by atoms with Crippen LogP contribution in [0.5, 0.6) is 0 Å². The number of carbonyl (C=O) groups is 1. The molecule has 0 bridgehead atoms. The first kappa shape index (κ1) is 15.8. The molecule has 0 radical (unpaired) electrons. The van der Waals surface area contributed by atoms with Crippen LogP contribution in [0.25, 0.3) is 0 Å². The number of carbonyl (C=O) groups excluding carboxylic acids is 1. The van der Waals surface area contributed by atoms with Gasteiger partial charge in [0.1, 0.15) is 4.88 Å². The van der Waals surface area contributed by atoms with Gasteiger partial charge in [-0.2, -0.15) is 0 Å². The smallest absolute Gasteiger partial charge is 0.262 e. The molecule has 2 rings (SSSR count). The van der Waals surface area contributed by atoms with Gasteiger partial charge in [-0.25, -0.2) is 12.7 Å². The molecule has 0 aromatic carbocycles. The molecule has 1 fully saturated rings. The molecule has 1 saturated heterocycles. The lowest BCUT2D eigenvalue weighted by Crippen LogP contribution is -2.43. The van der Waals surface area contributed by atoms with E-state index in [1.54, 1.807) is 11.4 Å². The van der Waals surface area contributed by atoms with E-state index in [1.165, 1.54) is 21.9 Å². The molecule has 112 valence electrons. The van der Waals surface area contributed by atoms with Gasteiger partial charge >= 0.3 is 0 Å². The molecule has 5 nitrogen and oxygen atoms in total. The van der Waals surface area contributed by atoms with Crippen molar-refractivity contribution in [3.05, 3.63) is 21.3 Å². The van der Waals surface area contributed by atoms with E-state index in [-0.39, 0.29) is 11.8 Å². The van der Waals surface area contributed by atoms with Gasteiger partial charge in [0, 0.05) is 19.6 Å². The topological polar surface area (TPSA) is 66.5 Å². The van der Waals surface area contributed by atoms with Crippen molar-refractivity contribution in [3.8, 4) is 0 Å². The Morgan fingerprint density at radius 2 is 2.35 bits per heavy atom. The molecule has 0 spiro atoms. The molecule has 1 aromatic rings. The molecule has 1 aliphatic rings. The van der Waals surface area contributed by atoms with Gasteiger partial charge in [0.05, 0.1) is 11.3 Å². The zero-order chi connectivity index (χ0) is 14.8. The first-order chi connectivity index (χ1) is 9.38. The Balaban J connectivity index is 1.88. The molecule has 0 aliphatic carbocycles. The number of nitrogens with one attached hydrogen (secondary N) is 1. The molecule has 1 amide bonds. The number of rotatable bonds is 4. The first-order valence-electron chi connectivity index (χ1n) is 6.34. The lowest BCUT2D eigenvalue weighted by atomic mass is 10.00. The van der Waals surface area contributed by atoms with Crippen LogP contribution >= 0.6 is 22.9 Å². The molecule has 1 aromatic heterocycles. The highest BCUT2D eigenvalue weighted by atomic mass is 35.5.